The average molecular weight is 358 g/mol. The third-order valence-electron chi connectivity index (χ3n) is 3.87. The van der Waals surface area contributed by atoms with E-state index in [1.807, 2.05) is 19.9 Å². The quantitative estimate of drug-likeness (QED) is 0.804. The van der Waals surface area contributed by atoms with Crippen LogP contribution in [0.2, 0.25) is 0 Å². The number of carbonyl (C=O) groups excluding carboxylic acids is 2. The molecule has 0 unspecified atom stereocenters. The maximum atomic E-state index is 12.2. The van der Waals surface area contributed by atoms with Crippen molar-refractivity contribution in [3.8, 4) is 11.5 Å². The Kier molecular flexibility index (Phi) is 4.76. The number of rotatable bonds is 5. The molecule has 3 N–H and O–H groups in total. The summed E-state index contributed by atoms with van der Waals surface area (Å²) >= 11 is 1.36. The summed E-state index contributed by atoms with van der Waals surface area (Å²) in [4.78, 5) is 24.9. The van der Waals surface area contributed by atoms with Gasteiger partial charge < -0.3 is 20.5 Å². The van der Waals surface area contributed by atoms with E-state index in [2.05, 4.69) is 5.32 Å². The topological polar surface area (TPSA) is 90.7 Å². The van der Waals surface area contributed by atoms with Gasteiger partial charge in [-0.15, -0.1) is 11.3 Å². The number of ether oxygens (including phenoxy) is 2. The van der Waals surface area contributed by atoms with Crippen LogP contribution >= 0.6 is 11.3 Å². The van der Waals surface area contributed by atoms with Crippen molar-refractivity contribution in [1.29, 1.82) is 0 Å². The largest absolute Gasteiger partial charge is 0.454 e. The number of amides is 2. The van der Waals surface area contributed by atoms with Crippen molar-refractivity contribution < 1.29 is 19.1 Å². The molecule has 0 spiro atoms. The van der Waals surface area contributed by atoms with Crippen LogP contribution in [0.15, 0.2) is 24.3 Å². The Morgan fingerprint density at radius 2 is 2.08 bits per heavy atom. The Labute approximate surface area is 149 Å². The molecule has 130 valence electrons. The number of carbonyl (C=O) groups is 2. The third kappa shape index (κ3) is 3.51. The fourth-order valence-electron chi connectivity index (χ4n) is 2.70. The summed E-state index contributed by atoms with van der Waals surface area (Å²) in [6.45, 7) is 4.07. The maximum absolute atomic E-state index is 12.2. The zero-order chi connectivity index (χ0) is 18.0. The van der Waals surface area contributed by atoms with Crippen molar-refractivity contribution in [2.45, 2.75) is 20.3 Å². The first-order valence-electron chi connectivity index (χ1n) is 7.80. The molecule has 0 radical (unpaired) electrons. The zero-order valence-electron chi connectivity index (χ0n) is 13.9. The summed E-state index contributed by atoms with van der Waals surface area (Å²) in [6.07, 6.45) is 3.76. The monoisotopic (exact) mass is 358 g/mol. The van der Waals surface area contributed by atoms with E-state index in [1.165, 1.54) is 17.4 Å². The number of nitrogens with one attached hydrogen (secondary N) is 1. The summed E-state index contributed by atoms with van der Waals surface area (Å²) in [7, 11) is 0. The highest BCUT2D eigenvalue weighted by Crippen LogP contribution is 2.34. The first-order chi connectivity index (χ1) is 12.0. The molecule has 7 heteroatoms. The molecular weight excluding hydrogens is 340 g/mol. The average Bonchev–Trinajstić information content (AvgIpc) is 3.15. The zero-order valence-corrected chi connectivity index (χ0v) is 14.7. The number of hydrogen-bond acceptors (Lipinski definition) is 5. The first kappa shape index (κ1) is 17.0. The van der Waals surface area contributed by atoms with E-state index in [4.69, 9.17) is 15.2 Å². The fraction of sp³-hybridized carbons (Fsp3) is 0.222. The van der Waals surface area contributed by atoms with Crippen LogP contribution in [0.4, 0.5) is 5.00 Å². The molecule has 25 heavy (non-hydrogen) atoms. The molecule has 0 saturated heterocycles. The van der Waals surface area contributed by atoms with Gasteiger partial charge in [0.1, 0.15) is 5.00 Å². The van der Waals surface area contributed by atoms with E-state index in [0.717, 1.165) is 16.0 Å². The molecule has 2 heterocycles. The highest BCUT2D eigenvalue weighted by molar-refractivity contribution is 7.16. The second kappa shape index (κ2) is 6.98. The smallest absolute Gasteiger partial charge is 0.251 e. The van der Waals surface area contributed by atoms with Crippen LogP contribution in [-0.4, -0.2) is 18.6 Å². The number of primary amides is 1. The van der Waals surface area contributed by atoms with E-state index >= 15 is 0 Å². The van der Waals surface area contributed by atoms with Crippen molar-refractivity contribution in [1.82, 2.24) is 0 Å². The summed E-state index contributed by atoms with van der Waals surface area (Å²) < 4.78 is 10.6. The standard InChI is InChI=1S/C18H18N2O4S/c1-3-12-10(2)25-18(16(12)17(19)22)20-15(21)7-5-11-4-6-13-14(8-11)24-9-23-13/h4-8H,3,9H2,1-2H3,(H2,19,22)(H,20,21). The first-order valence-corrected chi connectivity index (χ1v) is 8.62. The van der Waals surface area contributed by atoms with E-state index in [0.29, 0.717) is 28.5 Å². The molecule has 2 amide bonds. The molecule has 1 aliphatic rings. The lowest BCUT2D eigenvalue weighted by molar-refractivity contribution is -0.111. The Morgan fingerprint density at radius 1 is 1.32 bits per heavy atom. The summed E-state index contributed by atoms with van der Waals surface area (Å²) in [5.74, 6) is 0.481. The lowest BCUT2D eigenvalue weighted by Gasteiger charge is -2.03. The van der Waals surface area contributed by atoms with Crippen LogP contribution in [0.3, 0.4) is 0 Å². The van der Waals surface area contributed by atoms with Crippen molar-refractivity contribution in [2.24, 2.45) is 5.73 Å². The van der Waals surface area contributed by atoms with Crippen molar-refractivity contribution in [3.63, 3.8) is 0 Å². The van der Waals surface area contributed by atoms with Crippen LogP contribution in [0.25, 0.3) is 6.08 Å². The summed E-state index contributed by atoms with van der Waals surface area (Å²) in [6, 6.07) is 5.42. The molecule has 3 rings (SSSR count). The van der Waals surface area contributed by atoms with E-state index in [9.17, 15) is 9.59 Å². The van der Waals surface area contributed by atoms with Gasteiger partial charge in [0, 0.05) is 11.0 Å². The normalized spacial score (nSPS) is 12.6. The second-order valence-electron chi connectivity index (χ2n) is 5.49. The number of nitrogens with two attached hydrogens (primary N) is 1. The molecule has 0 bridgehead atoms. The molecule has 1 aliphatic heterocycles. The molecule has 6 nitrogen and oxygen atoms in total. The van der Waals surface area contributed by atoms with Crippen LogP contribution in [0.1, 0.15) is 33.3 Å². The van der Waals surface area contributed by atoms with E-state index in [-0.39, 0.29) is 12.7 Å². The number of thiophene rings is 1. The van der Waals surface area contributed by atoms with Crippen LogP contribution in [0.5, 0.6) is 11.5 Å². The number of fused-ring (bicyclic) bond motifs is 1. The highest BCUT2D eigenvalue weighted by atomic mass is 32.1. The minimum absolute atomic E-state index is 0.205. The lowest BCUT2D eigenvalue weighted by Crippen LogP contribution is -2.16. The number of benzene rings is 1. The van der Waals surface area contributed by atoms with Crippen molar-refractivity contribution in [2.75, 3.05) is 12.1 Å². The fourth-order valence-corrected chi connectivity index (χ4v) is 3.85. The Hall–Kier alpha value is -2.80. The predicted molar refractivity (Wildman–Crippen MR) is 97.2 cm³/mol. The lowest BCUT2D eigenvalue weighted by atomic mass is 10.1. The number of aryl methyl sites for hydroxylation is 1. The molecule has 0 aliphatic carbocycles. The molecule has 0 fully saturated rings. The molecule has 2 aromatic rings. The van der Waals surface area contributed by atoms with Crippen molar-refractivity contribution >= 4 is 34.2 Å². The summed E-state index contributed by atoms with van der Waals surface area (Å²) in [5, 5.41) is 3.23. The van der Waals surface area contributed by atoms with E-state index < -0.39 is 5.91 Å². The van der Waals surface area contributed by atoms with Gasteiger partial charge in [-0.25, -0.2) is 0 Å². The Morgan fingerprint density at radius 3 is 2.80 bits per heavy atom. The number of anilines is 1. The van der Waals surface area contributed by atoms with Crippen LogP contribution in [-0.2, 0) is 11.2 Å². The van der Waals surface area contributed by atoms with Gasteiger partial charge in [-0.2, -0.15) is 0 Å². The van der Waals surface area contributed by atoms with Gasteiger partial charge in [0.25, 0.3) is 5.91 Å². The summed E-state index contributed by atoms with van der Waals surface area (Å²) in [5.41, 5.74) is 7.56. The van der Waals surface area contributed by atoms with Crippen LogP contribution in [0, 0.1) is 6.92 Å². The minimum atomic E-state index is -0.531. The Balaban J connectivity index is 1.76. The maximum Gasteiger partial charge on any atom is 0.251 e. The van der Waals surface area contributed by atoms with Crippen molar-refractivity contribution in [3.05, 3.63) is 45.8 Å². The van der Waals surface area contributed by atoms with Gasteiger partial charge in [-0.1, -0.05) is 13.0 Å². The predicted octanol–water partition coefficient (Wildman–Crippen LogP) is 3.10. The third-order valence-corrected chi connectivity index (χ3v) is 4.93. The van der Waals surface area contributed by atoms with Gasteiger partial charge in [0.15, 0.2) is 11.5 Å². The minimum Gasteiger partial charge on any atom is -0.454 e. The molecule has 1 aromatic heterocycles. The van der Waals surface area contributed by atoms with E-state index in [1.54, 1.807) is 18.2 Å². The molecule has 0 saturated carbocycles. The Bertz CT molecular complexity index is 870. The van der Waals surface area contributed by atoms with Crippen LogP contribution < -0.4 is 20.5 Å². The van der Waals surface area contributed by atoms with Gasteiger partial charge in [-0.05, 0) is 42.7 Å². The molecule has 1 aromatic carbocycles. The van der Waals surface area contributed by atoms with Gasteiger partial charge in [0.05, 0.1) is 5.56 Å². The molecule has 0 atom stereocenters. The molecular formula is C18H18N2O4S. The SMILES string of the molecule is CCc1c(C)sc(NC(=O)C=Cc2ccc3c(c2)OCO3)c1C(N)=O. The van der Waals surface area contributed by atoms with Gasteiger partial charge in [-0.3, -0.25) is 9.59 Å². The van der Waals surface area contributed by atoms with Gasteiger partial charge >= 0.3 is 0 Å². The highest BCUT2D eigenvalue weighted by Gasteiger charge is 2.20. The number of hydrogen-bond donors (Lipinski definition) is 2. The van der Waals surface area contributed by atoms with Gasteiger partial charge in [0.2, 0.25) is 12.7 Å². The second-order valence-corrected chi connectivity index (χ2v) is 6.72.